The highest BCUT2D eigenvalue weighted by Crippen LogP contribution is 2.23. The Labute approximate surface area is 124 Å². The van der Waals surface area contributed by atoms with Gasteiger partial charge in [-0.2, -0.15) is 0 Å². The van der Waals surface area contributed by atoms with Crippen LogP contribution in [0, 0.1) is 6.92 Å². The molecule has 2 rings (SSSR count). The zero-order chi connectivity index (χ0) is 14.7. The molecule has 1 aromatic rings. The van der Waals surface area contributed by atoms with Crippen LogP contribution >= 0.6 is 11.6 Å². The maximum atomic E-state index is 11.9. The molecule has 0 saturated heterocycles. The van der Waals surface area contributed by atoms with Gasteiger partial charge in [-0.3, -0.25) is 4.79 Å². The number of likely N-dealkylation sites (N-methyl/N-ethyl adjacent to an activating group) is 1. The molecule has 0 unspecified atom stereocenters. The van der Waals surface area contributed by atoms with Gasteiger partial charge in [-0.25, -0.2) is 9.97 Å². The fourth-order valence-corrected chi connectivity index (χ4v) is 2.20. The molecule has 0 atom stereocenters. The third-order valence-electron chi connectivity index (χ3n) is 3.27. The van der Waals surface area contributed by atoms with Gasteiger partial charge in [-0.05, 0) is 26.2 Å². The molecule has 1 aromatic heterocycles. The molecule has 1 aliphatic carbocycles. The Kier molecular flexibility index (Phi) is 4.81. The zero-order valence-electron chi connectivity index (χ0n) is 12.2. The number of aromatic nitrogens is 2. The van der Waals surface area contributed by atoms with E-state index < -0.39 is 0 Å². The molecule has 1 aliphatic rings. The summed E-state index contributed by atoms with van der Waals surface area (Å²) in [6, 6.07) is 0.377. The number of nitrogens with one attached hydrogen (secondary N) is 1. The standard InChI is InChI=1S/C14H21ClN4O/c1-4-5-11-17-13(15)9(2)14(18-11)19(3)8-12(20)16-10-6-7-10/h10H,4-8H2,1-3H3,(H,16,20). The minimum atomic E-state index is 0.0289. The van der Waals surface area contributed by atoms with Crippen molar-refractivity contribution in [3.05, 3.63) is 16.5 Å². The highest BCUT2D eigenvalue weighted by atomic mass is 35.5. The lowest BCUT2D eigenvalue weighted by atomic mass is 10.2. The van der Waals surface area contributed by atoms with E-state index in [-0.39, 0.29) is 12.5 Å². The number of aryl methyl sites for hydroxylation is 1. The Morgan fingerprint density at radius 1 is 1.45 bits per heavy atom. The third-order valence-corrected chi connectivity index (χ3v) is 3.63. The molecule has 110 valence electrons. The highest BCUT2D eigenvalue weighted by Gasteiger charge is 2.24. The van der Waals surface area contributed by atoms with Crippen molar-refractivity contribution < 1.29 is 4.79 Å². The molecule has 1 N–H and O–H groups in total. The average Bonchev–Trinajstić information content (AvgIpc) is 3.17. The summed E-state index contributed by atoms with van der Waals surface area (Å²) in [4.78, 5) is 22.5. The molecule has 1 amide bonds. The second-order valence-electron chi connectivity index (χ2n) is 5.33. The fraction of sp³-hybridized carbons (Fsp3) is 0.643. The summed E-state index contributed by atoms with van der Waals surface area (Å²) in [5.41, 5.74) is 0.813. The monoisotopic (exact) mass is 296 g/mol. The quantitative estimate of drug-likeness (QED) is 0.817. The summed E-state index contributed by atoms with van der Waals surface area (Å²) >= 11 is 6.15. The molecule has 1 fully saturated rings. The van der Waals surface area contributed by atoms with Crippen LogP contribution in [-0.2, 0) is 11.2 Å². The van der Waals surface area contributed by atoms with Crippen molar-refractivity contribution in [2.24, 2.45) is 0 Å². The van der Waals surface area contributed by atoms with Crippen LogP contribution in [0.3, 0.4) is 0 Å². The Morgan fingerprint density at radius 3 is 2.75 bits per heavy atom. The van der Waals surface area contributed by atoms with E-state index >= 15 is 0 Å². The SMILES string of the molecule is CCCc1nc(Cl)c(C)c(N(C)CC(=O)NC2CC2)n1. The highest BCUT2D eigenvalue weighted by molar-refractivity contribution is 6.30. The smallest absolute Gasteiger partial charge is 0.239 e. The lowest BCUT2D eigenvalue weighted by Gasteiger charge is -2.20. The summed E-state index contributed by atoms with van der Waals surface area (Å²) in [5.74, 6) is 1.49. The van der Waals surface area contributed by atoms with Gasteiger partial charge in [0.2, 0.25) is 5.91 Å². The van der Waals surface area contributed by atoms with Crippen molar-refractivity contribution in [2.75, 3.05) is 18.5 Å². The lowest BCUT2D eigenvalue weighted by molar-refractivity contribution is -0.119. The second kappa shape index (κ2) is 6.39. The predicted molar refractivity (Wildman–Crippen MR) is 80.2 cm³/mol. The minimum absolute atomic E-state index is 0.0289. The maximum Gasteiger partial charge on any atom is 0.239 e. The predicted octanol–water partition coefficient (Wildman–Crippen LogP) is 2.11. The third kappa shape index (κ3) is 3.82. The summed E-state index contributed by atoms with van der Waals surface area (Å²) < 4.78 is 0. The summed E-state index contributed by atoms with van der Waals surface area (Å²) in [7, 11) is 1.86. The Morgan fingerprint density at radius 2 is 2.15 bits per heavy atom. The molecular weight excluding hydrogens is 276 g/mol. The Balaban J connectivity index is 2.10. The first-order chi connectivity index (χ1) is 9.51. The van der Waals surface area contributed by atoms with E-state index in [2.05, 4.69) is 22.2 Å². The molecule has 20 heavy (non-hydrogen) atoms. The van der Waals surface area contributed by atoms with Crippen LogP contribution in [0.15, 0.2) is 0 Å². The van der Waals surface area contributed by atoms with Crippen LogP contribution in [0.25, 0.3) is 0 Å². The first kappa shape index (κ1) is 15.0. The van der Waals surface area contributed by atoms with Crippen molar-refractivity contribution >= 4 is 23.3 Å². The normalized spacial score (nSPS) is 14.2. The first-order valence-electron chi connectivity index (χ1n) is 7.04. The van der Waals surface area contributed by atoms with Crippen molar-refractivity contribution in [2.45, 2.75) is 45.6 Å². The Hall–Kier alpha value is -1.36. The van der Waals surface area contributed by atoms with Crippen LogP contribution in [0.1, 0.15) is 37.6 Å². The second-order valence-corrected chi connectivity index (χ2v) is 5.69. The summed E-state index contributed by atoms with van der Waals surface area (Å²) in [5, 5.41) is 3.44. The van der Waals surface area contributed by atoms with Crippen LogP contribution in [0.2, 0.25) is 5.15 Å². The van der Waals surface area contributed by atoms with E-state index in [1.807, 2.05) is 18.9 Å². The largest absolute Gasteiger partial charge is 0.352 e. The molecule has 1 saturated carbocycles. The Bertz CT molecular complexity index is 502. The topological polar surface area (TPSA) is 58.1 Å². The van der Waals surface area contributed by atoms with E-state index in [1.165, 1.54) is 0 Å². The van der Waals surface area contributed by atoms with Gasteiger partial charge in [0, 0.05) is 25.1 Å². The minimum Gasteiger partial charge on any atom is -0.352 e. The van der Waals surface area contributed by atoms with Crippen molar-refractivity contribution in [3.8, 4) is 0 Å². The number of anilines is 1. The number of amides is 1. The van der Waals surface area contributed by atoms with E-state index in [0.29, 0.717) is 11.2 Å². The lowest BCUT2D eigenvalue weighted by Crippen LogP contribution is -2.37. The molecule has 0 spiro atoms. The molecular formula is C14H21ClN4O. The molecule has 0 bridgehead atoms. The number of carbonyl (C=O) groups is 1. The van der Waals surface area contributed by atoms with Crippen LogP contribution in [0.4, 0.5) is 5.82 Å². The zero-order valence-corrected chi connectivity index (χ0v) is 13.0. The van der Waals surface area contributed by atoms with E-state index in [0.717, 1.165) is 42.9 Å². The van der Waals surface area contributed by atoms with Gasteiger partial charge >= 0.3 is 0 Å². The molecule has 5 nitrogen and oxygen atoms in total. The number of rotatable bonds is 6. The van der Waals surface area contributed by atoms with Crippen LogP contribution < -0.4 is 10.2 Å². The number of halogens is 1. The van der Waals surface area contributed by atoms with E-state index in [1.54, 1.807) is 0 Å². The number of hydrogen-bond acceptors (Lipinski definition) is 4. The molecule has 0 aliphatic heterocycles. The van der Waals surface area contributed by atoms with Gasteiger partial charge < -0.3 is 10.2 Å². The first-order valence-corrected chi connectivity index (χ1v) is 7.42. The number of carbonyl (C=O) groups excluding carboxylic acids is 1. The molecule has 0 aromatic carbocycles. The van der Waals surface area contributed by atoms with Gasteiger partial charge in [0.1, 0.15) is 16.8 Å². The fourth-order valence-electron chi connectivity index (χ4n) is 2.02. The molecule has 1 heterocycles. The molecule has 0 radical (unpaired) electrons. The van der Waals surface area contributed by atoms with Gasteiger partial charge in [-0.15, -0.1) is 0 Å². The average molecular weight is 297 g/mol. The molecule has 6 heteroatoms. The number of nitrogens with zero attached hydrogens (tertiary/aromatic N) is 3. The van der Waals surface area contributed by atoms with Crippen LogP contribution in [-0.4, -0.2) is 35.5 Å². The van der Waals surface area contributed by atoms with E-state index in [9.17, 15) is 4.79 Å². The van der Waals surface area contributed by atoms with Gasteiger partial charge in [-0.1, -0.05) is 18.5 Å². The van der Waals surface area contributed by atoms with Crippen LogP contribution in [0.5, 0.6) is 0 Å². The summed E-state index contributed by atoms with van der Waals surface area (Å²) in [6.07, 6.45) is 3.93. The van der Waals surface area contributed by atoms with Crippen molar-refractivity contribution in [3.63, 3.8) is 0 Å². The van der Waals surface area contributed by atoms with Crippen molar-refractivity contribution in [1.82, 2.24) is 15.3 Å². The number of hydrogen-bond donors (Lipinski definition) is 1. The van der Waals surface area contributed by atoms with Gasteiger partial charge in [0.25, 0.3) is 0 Å². The summed E-state index contributed by atoms with van der Waals surface area (Å²) in [6.45, 7) is 4.24. The van der Waals surface area contributed by atoms with Gasteiger partial charge in [0.05, 0.1) is 6.54 Å². The van der Waals surface area contributed by atoms with E-state index in [4.69, 9.17) is 11.6 Å². The maximum absolute atomic E-state index is 11.9. The van der Waals surface area contributed by atoms with Crippen molar-refractivity contribution in [1.29, 1.82) is 0 Å². The van der Waals surface area contributed by atoms with Gasteiger partial charge in [0.15, 0.2) is 0 Å².